The summed E-state index contributed by atoms with van der Waals surface area (Å²) < 4.78 is 38.6. The van der Waals surface area contributed by atoms with Gasteiger partial charge in [-0.15, -0.1) is 0 Å². The van der Waals surface area contributed by atoms with Gasteiger partial charge >= 0.3 is 0 Å². The molecule has 22 heavy (non-hydrogen) atoms. The molecule has 0 saturated heterocycles. The van der Waals surface area contributed by atoms with Gasteiger partial charge in [0.2, 0.25) is 5.56 Å². The zero-order valence-electron chi connectivity index (χ0n) is 12.4. The summed E-state index contributed by atoms with van der Waals surface area (Å²) >= 11 is 0. The molecule has 2 rings (SSSR count). The lowest BCUT2D eigenvalue weighted by Crippen LogP contribution is -2.18. The Bertz CT molecular complexity index is 843. The van der Waals surface area contributed by atoms with Gasteiger partial charge < -0.3 is 14.0 Å². The van der Waals surface area contributed by atoms with Gasteiger partial charge in [0.15, 0.2) is 11.5 Å². The van der Waals surface area contributed by atoms with Crippen LogP contribution in [0.2, 0.25) is 0 Å². The zero-order valence-corrected chi connectivity index (χ0v) is 13.2. The van der Waals surface area contributed by atoms with Crippen LogP contribution in [0.4, 0.5) is 5.69 Å². The Labute approximate surface area is 128 Å². The molecule has 8 heteroatoms. The molecular weight excluding hydrogens is 308 g/mol. The molecule has 118 valence electrons. The number of sulfonamides is 1. The van der Waals surface area contributed by atoms with E-state index in [0.717, 1.165) is 0 Å². The molecule has 0 atom stereocenters. The standard InChI is InChI=1S/C14H16N2O5S/c1-16-9-10(4-7-14(16)17)15-22(18,19)11-5-6-12(20-2)13(8-11)21-3/h4-9,15H,1-3H3. The second kappa shape index (κ2) is 6.10. The van der Waals surface area contributed by atoms with Crippen molar-refractivity contribution in [3.8, 4) is 11.5 Å². The molecule has 0 fully saturated rings. The average Bonchev–Trinajstić information content (AvgIpc) is 2.50. The number of ether oxygens (including phenoxy) is 2. The number of nitrogens with one attached hydrogen (secondary N) is 1. The third kappa shape index (κ3) is 3.22. The van der Waals surface area contributed by atoms with Crippen molar-refractivity contribution >= 4 is 15.7 Å². The van der Waals surface area contributed by atoms with Gasteiger partial charge in [0, 0.05) is 25.4 Å². The molecule has 0 radical (unpaired) electrons. The summed E-state index contributed by atoms with van der Waals surface area (Å²) in [7, 11) is 0.629. The average molecular weight is 324 g/mol. The van der Waals surface area contributed by atoms with E-state index in [1.807, 2.05) is 0 Å². The first-order valence-corrected chi connectivity index (χ1v) is 7.77. The third-order valence-electron chi connectivity index (χ3n) is 3.00. The summed E-state index contributed by atoms with van der Waals surface area (Å²) in [5, 5.41) is 0. The number of hydrogen-bond donors (Lipinski definition) is 1. The summed E-state index contributed by atoms with van der Waals surface area (Å²) in [5.41, 5.74) is 0.0611. The normalized spacial score (nSPS) is 11.0. The molecule has 1 aromatic carbocycles. The van der Waals surface area contributed by atoms with E-state index in [1.165, 1.54) is 62.4 Å². The van der Waals surface area contributed by atoms with E-state index in [4.69, 9.17) is 9.47 Å². The summed E-state index contributed by atoms with van der Waals surface area (Å²) in [4.78, 5) is 11.3. The summed E-state index contributed by atoms with van der Waals surface area (Å²) in [6.07, 6.45) is 1.40. The molecule has 0 aliphatic rings. The lowest BCUT2D eigenvalue weighted by Gasteiger charge is -2.12. The zero-order chi connectivity index (χ0) is 16.3. The number of methoxy groups -OCH3 is 2. The van der Waals surface area contributed by atoms with Crippen LogP contribution in [0.25, 0.3) is 0 Å². The van der Waals surface area contributed by atoms with E-state index >= 15 is 0 Å². The summed E-state index contributed by atoms with van der Waals surface area (Å²) in [6.45, 7) is 0. The smallest absolute Gasteiger partial charge is 0.262 e. The third-order valence-corrected chi connectivity index (χ3v) is 4.38. The van der Waals surface area contributed by atoms with Crippen LogP contribution in [0.5, 0.6) is 11.5 Å². The Morgan fingerprint density at radius 1 is 1.05 bits per heavy atom. The van der Waals surface area contributed by atoms with Crippen molar-refractivity contribution in [2.75, 3.05) is 18.9 Å². The number of aromatic nitrogens is 1. The molecular formula is C14H16N2O5S. The number of rotatable bonds is 5. The van der Waals surface area contributed by atoms with Crippen LogP contribution < -0.4 is 19.8 Å². The monoisotopic (exact) mass is 324 g/mol. The molecule has 0 aliphatic carbocycles. The van der Waals surface area contributed by atoms with E-state index in [9.17, 15) is 13.2 Å². The fourth-order valence-corrected chi connectivity index (χ4v) is 2.91. The van der Waals surface area contributed by atoms with E-state index in [2.05, 4.69) is 4.72 Å². The van der Waals surface area contributed by atoms with Gasteiger partial charge in [-0.25, -0.2) is 8.42 Å². The molecule has 0 aliphatic heterocycles. The van der Waals surface area contributed by atoms with Gasteiger partial charge in [-0.05, 0) is 18.2 Å². The van der Waals surface area contributed by atoms with Crippen LogP contribution in [0.15, 0.2) is 46.2 Å². The van der Waals surface area contributed by atoms with Gasteiger partial charge in [-0.2, -0.15) is 0 Å². The molecule has 0 saturated carbocycles. The summed E-state index contributed by atoms with van der Waals surface area (Å²) in [5.74, 6) is 0.745. The van der Waals surface area contributed by atoms with Crippen LogP contribution in [0, 0.1) is 0 Å². The Morgan fingerprint density at radius 2 is 1.73 bits per heavy atom. The van der Waals surface area contributed by atoms with Gasteiger partial charge in [-0.3, -0.25) is 9.52 Å². The van der Waals surface area contributed by atoms with Crippen molar-refractivity contribution < 1.29 is 17.9 Å². The SMILES string of the molecule is COc1ccc(S(=O)(=O)Nc2ccc(=O)n(C)c2)cc1OC. The van der Waals surface area contributed by atoms with Crippen LogP contribution in [0.3, 0.4) is 0 Å². The van der Waals surface area contributed by atoms with Crippen molar-refractivity contribution in [1.82, 2.24) is 4.57 Å². The van der Waals surface area contributed by atoms with Gasteiger partial charge in [0.05, 0.1) is 24.8 Å². The fourth-order valence-electron chi connectivity index (χ4n) is 1.85. The quantitative estimate of drug-likeness (QED) is 0.893. The van der Waals surface area contributed by atoms with Crippen molar-refractivity contribution in [3.63, 3.8) is 0 Å². The Kier molecular flexibility index (Phi) is 4.41. The predicted octanol–water partition coefficient (Wildman–Crippen LogP) is 1.20. The highest BCUT2D eigenvalue weighted by Gasteiger charge is 2.17. The maximum Gasteiger partial charge on any atom is 0.262 e. The molecule has 0 spiro atoms. The topological polar surface area (TPSA) is 86.6 Å². The second-order valence-corrected chi connectivity index (χ2v) is 6.17. The number of hydrogen-bond acceptors (Lipinski definition) is 5. The highest BCUT2D eigenvalue weighted by Crippen LogP contribution is 2.30. The van der Waals surface area contributed by atoms with Crippen molar-refractivity contribution in [3.05, 3.63) is 46.9 Å². The largest absolute Gasteiger partial charge is 0.493 e. The number of pyridine rings is 1. The lowest BCUT2D eigenvalue weighted by molar-refractivity contribution is 0.354. The number of nitrogens with zero attached hydrogens (tertiary/aromatic N) is 1. The number of anilines is 1. The molecule has 0 unspecified atom stereocenters. The maximum absolute atomic E-state index is 12.4. The predicted molar refractivity (Wildman–Crippen MR) is 82.0 cm³/mol. The van der Waals surface area contributed by atoms with E-state index in [1.54, 1.807) is 0 Å². The molecule has 1 N–H and O–H groups in total. The maximum atomic E-state index is 12.4. The fraction of sp³-hybridized carbons (Fsp3) is 0.214. The van der Waals surface area contributed by atoms with E-state index < -0.39 is 10.0 Å². The highest BCUT2D eigenvalue weighted by molar-refractivity contribution is 7.92. The number of aryl methyl sites for hydroxylation is 1. The first-order chi connectivity index (χ1) is 10.4. The minimum Gasteiger partial charge on any atom is -0.493 e. The van der Waals surface area contributed by atoms with Crippen LogP contribution in [-0.2, 0) is 17.1 Å². The van der Waals surface area contributed by atoms with Crippen molar-refractivity contribution in [2.24, 2.45) is 7.05 Å². The minimum absolute atomic E-state index is 0.0269. The van der Waals surface area contributed by atoms with E-state index in [0.29, 0.717) is 11.5 Å². The second-order valence-electron chi connectivity index (χ2n) is 4.49. The Balaban J connectivity index is 2.37. The van der Waals surface area contributed by atoms with Gasteiger partial charge in [-0.1, -0.05) is 0 Å². The number of benzene rings is 1. The van der Waals surface area contributed by atoms with Gasteiger partial charge in [0.1, 0.15) is 0 Å². The Morgan fingerprint density at radius 3 is 2.32 bits per heavy atom. The summed E-state index contributed by atoms with van der Waals surface area (Å²) in [6, 6.07) is 6.97. The first kappa shape index (κ1) is 15.9. The molecule has 1 heterocycles. The molecule has 0 bridgehead atoms. The molecule has 0 amide bonds. The van der Waals surface area contributed by atoms with E-state index in [-0.39, 0.29) is 16.1 Å². The molecule has 1 aromatic heterocycles. The van der Waals surface area contributed by atoms with Crippen molar-refractivity contribution in [2.45, 2.75) is 4.90 Å². The Hall–Kier alpha value is -2.48. The van der Waals surface area contributed by atoms with Crippen molar-refractivity contribution in [1.29, 1.82) is 0 Å². The lowest BCUT2D eigenvalue weighted by atomic mass is 10.3. The first-order valence-electron chi connectivity index (χ1n) is 6.29. The van der Waals surface area contributed by atoms with Crippen LogP contribution in [-0.4, -0.2) is 27.2 Å². The minimum atomic E-state index is -3.80. The molecule has 2 aromatic rings. The van der Waals surface area contributed by atoms with Gasteiger partial charge in [0.25, 0.3) is 10.0 Å². The van der Waals surface area contributed by atoms with Crippen LogP contribution in [0.1, 0.15) is 0 Å². The van der Waals surface area contributed by atoms with Crippen LogP contribution >= 0.6 is 0 Å². The molecule has 7 nitrogen and oxygen atoms in total. The highest BCUT2D eigenvalue weighted by atomic mass is 32.2.